The summed E-state index contributed by atoms with van der Waals surface area (Å²) in [7, 11) is 0. The molecule has 0 aromatic carbocycles. The monoisotopic (exact) mass is 291 g/mol. The zero-order valence-electron chi connectivity index (χ0n) is 10.7. The van der Waals surface area contributed by atoms with Crippen LogP contribution in [0.25, 0.3) is 0 Å². The summed E-state index contributed by atoms with van der Waals surface area (Å²) in [6.45, 7) is 0.656. The molecule has 2 aromatic heterocycles. The van der Waals surface area contributed by atoms with Gasteiger partial charge < -0.3 is 5.32 Å². The van der Waals surface area contributed by atoms with Gasteiger partial charge in [-0.1, -0.05) is 25.0 Å². The van der Waals surface area contributed by atoms with Crippen molar-refractivity contribution in [1.82, 2.24) is 5.32 Å². The summed E-state index contributed by atoms with van der Waals surface area (Å²) < 4.78 is 0. The predicted octanol–water partition coefficient (Wildman–Crippen LogP) is 3.94. The van der Waals surface area contributed by atoms with Crippen molar-refractivity contribution in [2.45, 2.75) is 37.6 Å². The van der Waals surface area contributed by atoms with Gasteiger partial charge in [-0.3, -0.25) is 4.79 Å². The van der Waals surface area contributed by atoms with Gasteiger partial charge in [0.25, 0.3) is 0 Å². The molecule has 4 heteroatoms. The second-order valence-electron chi connectivity index (χ2n) is 5.03. The van der Waals surface area contributed by atoms with Crippen LogP contribution in [0.2, 0.25) is 0 Å². The van der Waals surface area contributed by atoms with Crippen molar-refractivity contribution in [3.63, 3.8) is 0 Å². The second kappa shape index (κ2) is 5.47. The summed E-state index contributed by atoms with van der Waals surface area (Å²) in [5, 5.41) is 7.25. The van der Waals surface area contributed by atoms with Gasteiger partial charge in [-0.25, -0.2) is 0 Å². The first-order valence-corrected chi connectivity index (χ1v) is 8.42. The Morgan fingerprint density at radius 2 is 1.89 bits per heavy atom. The van der Waals surface area contributed by atoms with E-state index in [0.29, 0.717) is 6.54 Å². The fourth-order valence-electron chi connectivity index (χ4n) is 2.86. The molecular formula is C15H17NOS2. The fourth-order valence-corrected chi connectivity index (χ4v) is 4.49. The van der Waals surface area contributed by atoms with E-state index in [1.54, 1.807) is 22.7 Å². The van der Waals surface area contributed by atoms with Gasteiger partial charge in [0, 0.05) is 9.75 Å². The third kappa shape index (κ3) is 2.47. The molecule has 1 amide bonds. The quantitative estimate of drug-likeness (QED) is 0.908. The van der Waals surface area contributed by atoms with E-state index >= 15 is 0 Å². The standard InChI is InChI=1S/C15H17NOS2/c17-14(16-11-12-5-3-9-18-12)15(7-1-2-8-15)13-6-4-10-19-13/h3-6,9-10H,1-2,7-8,11H2,(H,16,17). The van der Waals surface area contributed by atoms with Crippen LogP contribution in [0.4, 0.5) is 0 Å². The number of amides is 1. The minimum Gasteiger partial charge on any atom is -0.350 e. The van der Waals surface area contributed by atoms with Gasteiger partial charge in [0.1, 0.15) is 0 Å². The Bertz CT molecular complexity index is 525. The predicted molar refractivity (Wildman–Crippen MR) is 80.6 cm³/mol. The van der Waals surface area contributed by atoms with Crippen LogP contribution in [0.15, 0.2) is 35.0 Å². The zero-order chi connectivity index (χ0) is 13.1. The largest absolute Gasteiger partial charge is 0.350 e. The maximum atomic E-state index is 12.7. The van der Waals surface area contributed by atoms with E-state index in [-0.39, 0.29) is 11.3 Å². The molecule has 0 spiro atoms. The van der Waals surface area contributed by atoms with E-state index in [1.165, 1.54) is 9.75 Å². The number of hydrogen-bond acceptors (Lipinski definition) is 3. The average Bonchev–Trinajstić information content (AvgIpc) is 3.15. The highest BCUT2D eigenvalue weighted by Crippen LogP contribution is 2.43. The van der Waals surface area contributed by atoms with Crippen LogP contribution in [0, 0.1) is 0 Å². The van der Waals surface area contributed by atoms with Crippen molar-refractivity contribution in [1.29, 1.82) is 0 Å². The molecule has 2 aromatic rings. The van der Waals surface area contributed by atoms with Crippen LogP contribution in [0.1, 0.15) is 35.4 Å². The Balaban J connectivity index is 1.75. The first-order chi connectivity index (χ1) is 9.31. The molecule has 1 saturated carbocycles. The molecule has 1 fully saturated rings. The lowest BCUT2D eigenvalue weighted by atomic mass is 9.83. The van der Waals surface area contributed by atoms with Crippen molar-refractivity contribution >= 4 is 28.6 Å². The molecule has 0 unspecified atom stereocenters. The topological polar surface area (TPSA) is 29.1 Å². The van der Waals surface area contributed by atoms with E-state index in [0.717, 1.165) is 25.7 Å². The summed E-state index contributed by atoms with van der Waals surface area (Å²) >= 11 is 3.40. The minimum absolute atomic E-state index is 0.209. The normalized spacial score (nSPS) is 17.5. The van der Waals surface area contributed by atoms with Crippen molar-refractivity contribution < 1.29 is 4.79 Å². The van der Waals surface area contributed by atoms with Gasteiger partial charge in [-0.05, 0) is 35.7 Å². The third-order valence-electron chi connectivity index (χ3n) is 3.89. The lowest BCUT2D eigenvalue weighted by Crippen LogP contribution is -2.41. The summed E-state index contributed by atoms with van der Waals surface area (Å²) in [6, 6.07) is 8.25. The summed E-state index contributed by atoms with van der Waals surface area (Å²) in [5.41, 5.74) is -0.259. The SMILES string of the molecule is O=C(NCc1cccs1)C1(c2cccs2)CCCC1. The van der Waals surface area contributed by atoms with E-state index in [9.17, 15) is 4.79 Å². The Morgan fingerprint density at radius 3 is 2.53 bits per heavy atom. The maximum Gasteiger partial charge on any atom is 0.231 e. The third-order valence-corrected chi connectivity index (χ3v) is 5.84. The number of carbonyl (C=O) groups excluding carboxylic acids is 1. The van der Waals surface area contributed by atoms with Gasteiger partial charge in [0.15, 0.2) is 0 Å². The highest BCUT2D eigenvalue weighted by Gasteiger charge is 2.43. The first kappa shape index (κ1) is 12.9. The molecule has 0 radical (unpaired) electrons. The Hall–Kier alpha value is -1.13. The van der Waals surface area contributed by atoms with Gasteiger partial charge in [-0.2, -0.15) is 0 Å². The van der Waals surface area contributed by atoms with E-state index < -0.39 is 0 Å². The van der Waals surface area contributed by atoms with Gasteiger partial charge >= 0.3 is 0 Å². The average molecular weight is 291 g/mol. The molecule has 1 aliphatic carbocycles. The maximum absolute atomic E-state index is 12.7. The van der Waals surface area contributed by atoms with Gasteiger partial charge in [0.05, 0.1) is 12.0 Å². The first-order valence-electron chi connectivity index (χ1n) is 6.66. The molecule has 0 saturated heterocycles. The Morgan fingerprint density at radius 1 is 1.16 bits per heavy atom. The smallest absolute Gasteiger partial charge is 0.231 e. The van der Waals surface area contributed by atoms with Gasteiger partial charge in [-0.15, -0.1) is 22.7 Å². The Labute approximate surface area is 121 Å². The van der Waals surface area contributed by atoms with Crippen LogP contribution < -0.4 is 5.32 Å². The zero-order valence-corrected chi connectivity index (χ0v) is 12.4. The molecule has 3 rings (SSSR count). The highest BCUT2D eigenvalue weighted by atomic mass is 32.1. The highest BCUT2D eigenvalue weighted by molar-refractivity contribution is 7.10. The number of rotatable bonds is 4. The van der Waals surface area contributed by atoms with Crippen molar-refractivity contribution in [2.24, 2.45) is 0 Å². The van der Waals surface area contributed by atoms with E-state index in [1.807, 2.05) is 17.5 Å². The summed E-state index contributed by atoms with van der Waals surface area (Å²) in [5.74, 6) is 0.209. The summed E-state index contributed by atoms with van der Waals surface area (Å²) in [6.07, 6.45) is 4.29. The molecule has 0 aliphatic heterocycles. The lowest BCUT2D eigenvalue weighted by Gasteiger charge is -2.26. The fraction of sp³-hybridized carbons (Fsp3) is 0.400. The second-order valence-corrected chi connectivity index (χ2v) is 7.01. The Kier molecular flexibility index (Phi) is 3.71. The molecule has 2 heterocycles. The molecular weight excluding hydrogens is 274 g/mol. The molecule has 1 N–H and O–H groups in total. The van der Waals surface area contributed by atoms with Crippen LogP contribution >= 0.6 is 22.7 Å². The van der Waals surface area contributed by atoms with E-state index in [2.05, 4.69) is 22.8 Å². The van der Waals surface area contributed by atoms with Crippen LogP contribution in [-0.4, -0.2) is 5.91 Å². The minimum atomic E-state index is -0.259. The molecule has 2 nitrogen and oxygen atoms in total. The van der Waals surface area contributed by atoms with Crippen molar-refractivity contribution in [3.8, 4) is 0 Å². The van der Waals surface area contributed by atoms with Crippen LogP contribution in [0.3, 0.4) is 0 Å². The lowest BCUT2D eigenvalue weighted by molar-refractivity contribution is -0.126. The molecule has 100 valence electrons. The number of nitrogens with one attached hydrogen (secondary N) is 1. The van der Waals surface area contributed by atoms with Crippen LogP contribution in [-0.2, 0) is 16.8 Å². The number of thiophene rings is 2. The van der Waals surface area contributed by atoms with Crippen molar-refractivity contribution in [3.05, 3.63) is 44.8 Å². The van der Waals surface area contributed by atoms with Crippen LogP contribution in [0.5, 0.6) is 0 Å². The van der Waals surface area contributed by atoms with Gasteiger partial charge in [0.2, 0.25) is 5.91 Å². The van der Waals surface area contributed by atoms with Crippen molar-refractivity contribution in [2.75, 3.05) is 0 Å². The molecule has 0 bridgehead atoms. The molecule has 19 heavy (non-hydrogen) atoms. The number of carbonyl (C=O) groups is 1. The molecule has 1 aliphatic rings. The number of hydrogen-bond donors (Lipinski definition) is 1. The molecule has 0 atom stereocenters. The summed E-state index contributed by atoms with van der Waals surface area (Å²) in [4.78, 5) is 15.1. The van der Waals surface area contributed by atoms with E-state index in [4.69, 9.17) is 0 Å².